The molecular formula is C18H20N2O4S. The number of carbonyl (C=O) groups is 2. The molecule has 25 heavy (non-hydrogen) atoms. The van der Waals surface area contributed by atoms with Crippen molar-refractivity contribution < 1.29 is 19.1 Å². The monoisotopic (exact) mass is 360 g/mol. The van der Waals surface area contributed by atoms with Gasteiger partial charge in [-0.05, 0) is 50.3 Å². The highest BCUT2D eigenvalue weighted by molar-refractivity contribution is 7.99. The number of nitrogens with zero attached hydrogens (tertiary/aromatic N) is 2. The molecule has 0 aromatic heterocycles. The van der Waals surface area contributed by atoms with E-state index in [1.54, 1.807) is 38.1 Å². The average molecular weight is 360 g/mol. The zero-order valence-corrected chi connectivity index (χ0v) is 15.0. The molecule has 0 saturated carbocycles. The van der Waals surface area contributed by atoms with Gasteiger partial charge in [0.1, 0.15) is 5.92 Å². The first-order valence-corrected chi connectivity index (χ1v) is 8.91. The summed E-state index contributed by atoms with van der Waals surface area (Å²) >= 11 is 1.48. The zero-order valence-electron chi connectivity index (χ0n) is 14.2. The normalized spacial score (nSPS) is 11.2. The van der Waals surface area contributed by atoms with Gasteiger partial charge in [-0.1, -0.05) is 0 Å². The summed E-state index contributed by atoms with van der Waals surface area (Å²) in [6, 6.07) is 10.6. The van der Waals surface area contributed by atoms with Crippen molar-refractivity contribution in [2.75, 3.05) is 19.0 Å². The standard InChI is InChI=1S/C18H20N2O4S/c1-3-23-17(21)13-5-7-15(8-6-13)25-10-9-16(14(11-19)12-20)18(22)24-4-2/h5-8,14,16H,3-4,9-10H2,1-2H3. The summed E-state index contributed by atoms with van der Waals surface area (Å²) < 4.78 is 9.88. The van der Waals surface area contributed by atoms with Gasteiger partial charge in [0.25, 0.3) is 0 Å². The van der Waals surface area contributed by atoms with Gasteiger partial charge >= 0.3 is 11.9 Å². The molecule has 0 aliphatic rings. The van der Waals surface area contributed by atoms with Crippen LogP contribution in [0, 0.1) is 34.5 Å². The number of hydrogen-bond acceptors (Lipinski definition) is 7. The predicted molar refractivity (Wildman–Crippen MR) is 92.6 cm³/mol. The van der Waals surface area contributed by atoms with Crippen molar-refractivity contribution in [1.82, 2.24) is 0 Å². The Morgan fingerprint density at radius 3 is 2.20 bits per heavy atom. The molecule has 0 amide bonds. The molecule has 6 nitrogen and oxygen atoms in total. The Kier molecular flexibility index (Phi) is 9.13. The second kappa shape index (κ2) is 11.1. The summed E-state index contributed by atoms with van der Waals surface area (Å²) in [5, 5.41) is 18.1. The predicted octanol–water partition coefficient (Wildman–Crippen LogP) is 3.19. The number of ether oxygens (including phenoxy) is 2. The van der Waals surface area contributed by atoms with Crippen LogP contribution >= 0.6 is 11.8 Å². The second-order valence-corrected chi connectivity index (χ2v) is 6.14. The molecule has 0 fully saturated rings. The number of hydrogen-bond donors (Lipinski definition) is 0. The fourth-order valence-corrected chi connectivity index (χ4v) is 3.02. The quantitative estimate of drug-likeness (QED) is 0.492. The number of benzene rings is 1. The van der Waals surface area contributed by atoms with Crippen molar-refractivity contribution in [3.63, 3.8) is 0 Å². The third-order valence-electron chi connectivity index (χ3n) is 3.33. The van der Waals surface area contributed by atoms with Gasteiger partial charge in [0, 0.05) is 4.90 Å². The van der Waals surface area contributed by atoms with E-state index in [0.717, 1.165) is 4.90 Å². The first-order valence-electron chi connectivity index (χ1n) is 7.93. The van der Waals surface area contributed by atoms with Gasteiger partial charge in [0.15, 0.2) is 0 Å². The number of thioether (sulfide) groups is 1. The first kappa shape index (κ1) is 20.5. The highest BCUT2D eigenvalue weighted by Crippen LogP contribution is 2.25. The summed E-state index contributed by atoms with van der Waals surface area (Å²) in [5.41, 5.74) is 0.477. The first-order chi connectivity index (χ1) is 12.1. The number of esters is 2. The fourth-order valence-electron chi connectivity index (χ4n) is 2.08. The van der Waals surface area contributed by atoms with Gasteiger partial charge in [-0.15, -0.1) is 11.8 Å². The lowest BCUT2D eigenvalue weighted by atomic mass is 9.92. The third kappa shape index (κ3) is 6.48. The van der Waals surface area contributed by atoms with Crippen LogP contribution in [0.5, 0.6) is 0 Å². The van der Waals surface area contributed by atoms with E-state index in [2.05, 4.69) is 0 Å². The summed E-state index contributed by atoms with van der Waals surface area (Å²) in [7, 11) is 0. The minimum absolute atomic E-state index is 0.210. The summed E-state index contributed by atoms with van der Waals surface area (Å²) in [5.74, 6) is -2.13. The van der Waals surface area contributed by atoms with Crippen LogP contribution in [0.4, 0.5) is 0 Å². The topological polar surface area (TPSA) is 100 Å². The van der Waals surface area contributed by atoms with Gasteiger partial charge in [-0.2, -0.15) is 10.5 Å². The van der Waals surface area contributed by atoms with Gasteiger partial charge in [-0.25, -0.2) is 4.79 Å². The molecule has 0 bridgehead atoms. The van der Waals surface area contributed by atoms with E-state index >= 15 is 0 Å². The molecule has 1 aromatic rings. The minimum Gasteiger partial charge on any atom is -0.466 e. The van der Waals surface area contributed by atoms with Crippen LogP contribution in [0.15, 0.2) is 29.2 Å². The Morgan fingerprint density at radius 1 is 1.08 bits per heavy atom. The molecule has 0 spiro atoms. The number of nitriles is 2. The summed E-state index contributed by atoms with van der Waals surface area (Å²) in [6.07, 6.45) is 0.356. The Labute approximate surface area is 151 Å². The molecule has 0 saturated heterocycles. The van der Waals surface area contributed by atoms with Crippen LogP contribution in [0.2, 0.25) is 0 Å². The maximum atomic E-state index is 11.9. The van der Waals surface area contributed by atoms with Crippen molar-refractivity contribution in [2.24, 2.45) is 11.8 Å². The van der Waals surface area contributed by atoms with Crippen molar-refractivity contribution in [1.29, 1.82) is 10.5 Å². The smallest absolute Gasteiger partial charge is 0.338 e. The number of rotatable bonds is 9. The van der Waals surface area contributed by atoms with E-state index in [1.165, 1.54) is 11.8 Å². The van der Waals surface area contributed by atoms with Gasteiger partial charge in [-0.3, -0.25) is 4.79 Å². The van der Waals surface area contributed by atoms with E-state index in [-0.39, 0.29) is 12.6 Å². The van der Waals surface area contributed by atoms with Gasteiger partial charge < -0.3 is 9.47 Å². The molecule has 0 aliphatic heterocycles. The fraction of sp³-hybridized carbons (Fsp3) is 0.444. The van der Waals surface area contributed by atoms with E-state index in [0.29, 0.717) is 24.3 Å². The molecule has 1 rings (SSSR count). The lowest BCUT2D eigenvalue weighted by Crippen LogP contribution is -2.25. The average Bonchev–Trinajstić information content (AvgIpc) is 2.62. The van der Waals surface area contributed by atoms with Gasteiger partial charge in [0.2, 0.25) is 0 Å². The van der Waals surface area contributed by atoms with Crippen molar-refractivity contribution in [3.8, 4) is 12.1 Å². The summed E-state index contributed by atoms with van der Waals surface area (Å²) in [6.45, 7) is 3.96. The van der Waals surface area contributed by atoms with Crippen molar-refractivity contribution >= 4 is 23.7 Å². The third-order valence-corrected chi connectivity index (χ3v) is 4.38. The number of carbonyl (C=O) groups excluding carboxylic acids is 2. The molecule has 0 N–H and O–H groups in total. The summed E-state index contributed by atoms with van der Waals surface area (Å²) in [4.78, 5) is 24.5. The van der Waals surface area contributed by atoms with E-state index in [1.807, 2.05) is 12.1 Å². The molecule has 0 aliphatic carbocycles. The molecule has 0 radical (unpaired) electrons. The molecular weight excluding hydrogens is 340 g/mol. The SMILES string of the molecule is CCOC(=O)c1ccc(SCCC(C(=O)OCC)C(C#N)C#N)cc1. The van der Waals surface area contributed by atoms with Crippen LogP contribution in [-0.4, -0.2) is 30.9 Å². The van der Waals surface area contributed by atoms with Crippen LogP contribution < -0.4 is 0 Å². The Morgan fingerprint density at radius 2 is 1.68 bits per heavy atom. The minimum atomic E-state index is -1.02. The second-order valence-electron chi connectivity index (χ2n) is 4.98. The molecule has 7 heteroatoms. The van der Waals surface area contributed by atoms with E-state index in [4.69, 9.17) is 20.0 Å². The lowest BCUT2D eigenvalue weighted by Gasteiger charge is -2.15. The highest BCUT2D eigenvalue weighted by atomic mass is 32.2. The Bertz CT molecular complexity index is 647. The molecule has 1 atom stereocenters. The highest BCUT2D eigenvalue weighted by Gasteiger charge is 2.29. The van der Waals surface area contributed by atoms with E-state index < -0.39 is 17.8 Å². The Balaban J connectivity index is 2.63. The van der Waals surface area contributed by atoms with Crippen molar-refractivity contribution in [2.45, 2.75) is 25.2 Å². The Hall–Kier alpha value is -2.51. The lowest BCUT2D eigenvalue weighted by molar-refractivity contribution is -0.148. The maximum absolute atomic E-state index is 11.9. The van der Waals surface area contributed by atoms with Crippen LogP contribution in [0.25, 0.3) is 0 Å². The van der Waals surface area contributed by atoms with Gasteiger partial charge in [0.05, 0.1) is 36.8 Å². The largest absolute Gasteiger partial charge is 0.466 e. The molecule has 1 aromatic carbocycles. The zero-order chi connectivity index (χ0) is 18.7. The van der Waals surface area contributed by atoms with E-state index in [9.17, 15) is 9.59 Å². The van der Waals surface area contributed by atoms with Crippen molar-refractivity contribution in [3.05, 3.63) is 29.8 Å². The van der Waals surface area contributed by atoms with Crippen LogP contribution in [-0.2, 0) is 14.3 Å². The van der Waals surface area contributed by atoms with Crippen LogP contribution in [0.3, 0.4) is 0 Å². The molecule has 1 unspecified atom stereocenters. The maximum Gasteiger partial charge on any atom is 0.338 e. The molecule has 0 heterocycles. The van der Waals surface area contributed by atoms with Crippen LogP contribution in [0.1, 0.15) is 30.6 Å². The molecule has 132 valence electrons.